The van der Waals surface area contributed by atoms with Crippen LogP contribution in [0.2, 0.25) is 0 Å². The molecular formula is C37H61N5O7S. The zero-order valence-corrected chi connectivity index (χ0v) is 32.5. The second-order valence-electron chi connectivity index (χ2n) is 18.8. The van der Waals surface area contributed by atoms with Crippen LogP contribution in [0.5, 0.6) is 0 Å². The highest BCUT2D eigenvalue weighted by molar-refractivity contribution is 7.92. The van der Waals surface area contributed by atoms with Crippen molar-refractivity contribution in [2.45, 2.75) is 148 Å². The van der Waals surface area contributed by atoms with E-state index in [1.165, 1.54) is 0 Å². The smallest absolute Gasteiger partial charge is 0.315 e. The zero-order chi connectivity index (χ0) is 37.2. The van der Waals surface area contributed by atoms with E-state index in [1.807, 2.05) is 27.7 Å². The molecule has 0 bridgehead atoms. The summed E-state index contributed by atoms with van der Waals surface area (Å²) in [5.41, 5.74) is -3.18. The van der Waals surface area contributed by atoms with E-state index in [0.29, 0.717) is 44.7 Å². The Bertz CT molecular complexity index is 1500. The number of sulfone groups is 1. The number of ketones is 1. The number of likely N-dealkylation sites (tertiary alicyclic amines) is 1. The number of carbonyl (C=O) groups excluding carboxylic acids is 5. The van der Waals surface area contributed by atoms with Crippen LogP contribution in [-0.4, -0.2) is 89.6 Å². The van der Waals surface area contributed by atoms with Crippen molar-refractivity contribution in [1.29, 1.82) is 0 Å². The highest BCUT2D eigenvalue weighted by Crippen LogP contribution is 2.65. The molecule has 12 nitrogen and oxygen atoms in total. The van der Waals surface area contributed by atoms with E-state index < -0.39 is 72.7 Å². The minimum atomic E-state index is -3.56. The lowest BCUT2D eigenvalue weighted by atomic mass is 9.83. The molecule has 5 amide bonds. The number of piperidine rings is 1. The molecule has 13 heteroatoms. The lowest BCUT2D eigenvalue weighted by Crippen LogP contribution is -2.64. The van der Waals surface area contributed by atoms with Gasteiger partial charge in [0.05, 0.1) is 16.0 Å². The number of carbonyl (C=O) groups is 5. The van der Waals surface area contributed by atoms with Crippen molar-refractivity contribution in [2.75, 3.05) is 18.8 Å². The van der Waals surface area contributed by atoms with Gasteiger partial charge < -0.3 is 26.2 Å². The second-order valence-corrected chi connectivity index (χ2v) is 21.5. The summed E-state index contributed by atoms with van der Waals surface area (Å²) in [6, 6.07) is -2.50. The number of amides is 5. The van der Waals surface area contributed by atoms with Crippen molar-refractivity contribution >= 4 is 39.4 Å². The number of fused-ring (bicyclic) bond motifs is 1. The summed E-state index contributed by atoms with van der Waals surface area (Å²) in [5, 5.41) is 11.7. The Morgan fingerprint density at radius 2 is 1.54 bits per heavy atom. The maximum Gasteiger partial charge on any atom is 0.315 e. The third-order valence-corrected chi connectivity index (χ3v) is 15.3. The summed E-state index contributed by atoms with van der Waals surface area (Å²) in [7, 11) is -3.56. The summed E-state index contributed by atoms with van der Waals surface area (Å²) in [6.45, 7) is 17.4. The van der Waals surface area contributed by atoms with Crippen LogP contribution in [0.1, 0.15) is 120 Å². The van der Waals surface area contributed by atoms with Crippen molar-refractivity contribution in [1.82, 2.24) is 26.2 Å². The fraction of sp³-hybridized carbons (Fsp3) is 0.865. The quantitative estimate of drug-likeness (QED) is 0.224. The Morgan fingerprint density at radius 1 is 0.920 bits per heavy atom. The number of nitrogens with zero attached hydrogens (tertiary/aromatic N) is 1. The van der Waals surface area contributed by atoms with Crippen molar-refractivity contribution in [3.8, 4) is 0 Å². The molecule has 1 aliphatic heterocycles. The third-order valence-electron chi connectivity index (χ3n) is 12.5. The molecule has 5 rings (SSSR count). The summed E-state index contributed by atoms with van der Waals surface area (Å²) in [6.07, 6.45) is 6.64. The van der Waals surface area contributed by atoms with Crippen molar-refractivity contribution in [2.24, 2.45) is 34.5 Å². The Balaban J connectivity index is 1.34. The molecule has 282 valence electrons. The molecule has 4 N–H and O–H groups in total. The first kappa shape index (κ1) is 38.5. The summed E-state index contributed by atoms with van der Waals surface area (Å²) >= 11 is 0. The summed E-state index contributed by atoms with van der Waals surface area (Å²) in [5.74, 6) is -2.16. The van der Waals surface area contributed by atoms with E-state index in [4.69, 9.17) is 0 Å². The normalized spacial score (nSPS) is 30.4. The first-order valence-corrected chi connectivity index (χ1v) is 20.4. The van der Waals surface area contributed by atoms with Crippen LogP contribution >= 0.6 is 0 Å². The summed E-state index contributed by atoms with van der Waals surface area (Å²) < 4.78 is 25.7. The van der Waals surface area contributed by atoms with Crippen molar-refractivity contribution < 1.29 is 32.4 Å². The van der Waals surface area contributed by atoms with Crippen LogP contribution in [0.25, 0.3) is 0 Å². The van der Waals surface area contributed by atoms with Crippen molar-refractivity contribution in [3.63, 3.8) is 0 Å². The molecule has 0 aromatic carbocycles. The Kier molecular flexibility index (Phi) is 10.1. The molecule has 50 heavy (non-hydrogen) atoms. The first-order valence-electron chi connectivity index (χ1n) is 18.8. The van der Waals surface area contributed by atoms with Crippen LogP contribution in [0, 0.1) is 34.5 Å². The fourth-order valence-electron chi connectivity index (χ4n) is 8.60. The minimum absolute atomic E-state index is 0.0689. The van der Waals surface area contributed by atoms with Gasteiger partial charge in [-0.3, -0.25) is 19.2 Å². The van der Waals surface area contributed by atoms with Gasteiger partial charge in [-0.25, -0.2) is 13.2 Å². The Morgan fingerprint density at radius 3 is 2.06 bits per heavy atom. The molecule has 6 atom stereocenters. The van der Waals surface area contributed by atoms with Crippen LogP contribution in [0.15, 0.2) is 0 Å². The molecule has 4 aliphatic carbocycles. The highest BCUT2D eigenvalue weighted by Gasteiger charge is 2.71. The number of urea groups is 1. The molecule has 0 aromatic heterocycles. The molecule has 3 unspecified atom stereocenters. The second kappa shape index (κ2) is 13.1. The van der Waals surface area contributed by atoms with E-state index in [9.17, 15) is 32.4 Å². The maximum absolute atomic E-state index is 14.5. The molecule has 0 aromatic rings. The number of rotatable bonds is 12. The number of hydrogen-bond donors (Lipinski definition) is 4. The van der Waals surface area contributed by atoms with Crippen LogP contribution in [0.3, 0.4) is 0 Å². The van der Waals surface area contributed by atoms with Gasteiger partial charge in [-0.1, -0.05) is 67.2 Å². The topological polar surface area (TPSA) is 171 Å². The van der Waals surface area contributed by atoms with Crippen LogP contribution in [-0.2, 0) is 29.0 Å². The van der Waals surface area contributed by atoms with Crippen LogP contribution < -0.4 is 21.3 Å². The van der Waals surface area contributed by atoms with Gasteiger partial charge in [0.2, 0.25) is 17.6 Å². The van der Waals surface area contributed by atoms with Gasteiger partial charge in [0.1, 0.15) is 17.6 Å². The molecule has 5 fully saturated rings. The minimum Gasteiger partial charge on any atom is -0.349 e. The molecule has 1 saturated heterocycles. The largest absolute Gasteiger partial charge is 0.349 e. The number of hydrogen-bond acceptors (Lipinski definition) is 7. The van der Waals surface area contributed by atoms with E-state index in [2.05, 4.69) is 35.1 Å². The fourth-order valence-corrected chi connectivity index (χ4v) is 10.1. The van der Waals surface area contributed by atoms with Crippen LogP contribution in [0.4, 0.5) is 4.79 Å². The van der Waals surface area contributed by atoms with Gasteiger partial charge in [0.15, 0.2) is 9.84 Å². The highest BCUT2D eigenvalue weighted by atomic mass is 32.2. The average Bonchev–Trinajstić information content (AvgIpc) is 3.96. The van der Waals surface area contributed by atoms with Gasteiger partial charge in [0.25, 0.3) is 5.91 Å². The van der Waals surface area contributed by atoms with Gasteiger partial charge in [-0.2, -0.15) is 0 Å². The predicted octanol–water partition coefficient (Wildman–Crippen LogP) is 3.48. The van der Waals surface area contributed by atoms with E-state index >= 15 is 0 Å². The summed E-state index contributed by atoms with van der Waals surface area (Å²) in [4.78, 5) is 70.6. The molecule has 5 aliphatic rings. The van der Waals surface area contributed by atoms with Gasteiger partial charge in [-0.05, 0) is 87.4 Å². The third kappa shape index (κ3) is 7.44. The molecule has 0 spiro atoms. The predicted molar refractivity (Wildman–Crippen MR) is 191 cm³/mol. The monoisotopic (exact) mass is 719 g/mol. The first-order chi connectivity index (χ1) is 23.0. The number of Topliss-reactive ketones (excluding diaryl/α,β-unsaturated/α-hetero) is 1. The van der Waals surface area contributed by atoms with Gasteiger partial charge in [-0.15, -0.1) is 0 Å². The van der Waals surface area contributed by atoms with Gasteiger partial charge in [0, 0.05) is 13.1 Å². The SMILES string of the molecule is CC[C@H]1CC1(NC(=O)[C@@H]1C2C(CN1C(=O)[C@H](NC(=O)NC1(CS(=O)(=O)C(C)(C)C)CCCCC1)C(C)(C)C)C2(C)C)C(=O)C(=O)NCC1CC1. The Hall–Kier alpha value is -2.70. The number of nitrogens with one attached hydrogen (secondary N) is 4. The molecule has 4 saturated carbocycles. The molecule has 0 radical (unpaired) electrons. The lowest BCUT2D eigenvalue weighted by Gasteiger charge is -2.41. The molecular weight excluding hydrogens is 659 g/mol. The maximum atomic E-state index is 14.5. The average molecular weight is 720 g/mol. The van der Waals surface area contributed by atoms with E-state index in [1.54, 1.807) is 25.7 Å². The van der Waals surface area contributed by atoms with Gasteiger partial charge >= 0.3 is 6.03 Å². The standard InChI is InChI=1S/C37H61N5O7S/c1-10-23-18-37(23,28(43)30(45)38-19-22-14-15-22)40-29(44)26-25-24(35(25,8)9)20-42(26)31(46)27(33(2,3)4)39-32(47)41-36(16-12-11-13-17-36)21-50(48,49)34(5,6)7/h22-27H,10-21H2,1-9H3,(H,38,45)(H,40,44)(H2,39,41,47)/t23-,24?,25?,26-,27-,37?/m0/s1. The van der Waals surface area contributed by atoms with Crippen molar-refractivity contribution in [3.05, 3.63) is 0 Å². The zero-order valence-electron chi connectivity index (χ0n) is 31.7. The molecule has 1 heterocycles. The van der Waals surface area contributed by atoms with E-state index in [0.717, 1.165) is 32.1 Å². The van der Waals surface area contributed by atoms with E-state index in [-0.39, 0.29) is 28.9 Å². The lowest BCUT2D eigenvalue weighted by molar-refractivity contribution is -0.145. The Labute approximate surface area is 298 Å².